The summed E-state index contributed by atoms with van der Waals surface area (Å²) in [7, 11) is 0. The maximum atomic E-state index is 12.6. The van der Waals surface area contributed by atoms with Crippen molar-refractivity contribution in [2.75, 3.05) is 0 Å². The van der Waals surface area contributed by atoms with Gasteiger partial charge in [-0.05, 0) is 36.6 Å². The van der Waals surface area contributed by atoms with Crippen LogP contribution in [0.15, 0.2) is 53.8 Å². The van der Waals surface area contributed by atoms with Crippen molar-refractivity contribution in [3.05, 3.63) is 70.3 Å². The second-order valence-electron chi connectivity index (χ2n) is 6.47. The summed E-state index contributed by atoms with van der Waals surface area (Å²) >= 11 is 5.85. The number of aromatic nitrogens is 6. The molecule has 0 radical (unpaired) electrons. The van der Waals surface area contributed by atoms with E-state index in [1.807, 2.05) is 39.8 Å². The van der Waals surface area contributed by atoms with Gasteiger partial charge in [-0.3, -0.25) is 9.25 Å². The monoisotopic (exact) mass is 366 g/mol. The Morgan fingerprint density at radius 1 is 1.19 bits per heavy atom. The lowest BCUT2D eigenvalue weighted by Gasteiger charge is -2.12. The zero-order valence-electron chi connectivity index (χ0n) is 13.8. The van der Waals surface area contributed by atoms with E-state index in [0.29, 0.717) is 23.6 Å². The predicted molar refractivity (Wildman–Crippen MR) is 96.9 cm³/mol. The molecule has 0 unspecified atom stereocenters. The van der Waals surface area contributed by atoms with Gasteiger partial charge in [0.05, 0.1) is 30.2 Å². The minimum Gasteiger partial charge on any atom is -0.327 e. The fourth-order valence-corrected chi connectivity index (χ4v) is 3.24. The number of nitrogens with zero attached hydrogens (tertiary/aromatic N) is 6. The number of fused-ring (bicyclic) bond motifs is 1. The van der Waals surface area contributed by atoms with E-state index in [1.165, 1.54) is 0 Å². The molecule has 0 spiro atoms. The Kier molecular flexibility index (Phi) is 3.43. The first-order chi connectivity index (χ1) is 12.7. The van der Waals surface area contributed by atoms with E-state index >= 15 is 0 Å². The Labute approximate surface area is 153 Å². The van der Waals surface area contributed by atoms with Crippen molar-refractivity contribution < 1.29 is 0 Å². The number of hydrogen-bond donors (Lipinski definition) is 0. The molecular formula is C18H15ClN6O. The summed E-state index contributed by atoms with van der Waals surface area (Å²) in [6, 6.07) is 7.94. The number of rotatable bonds is 4. The molecule has 8 heteroatoms. The summed E-state index contributed by atoms with van der Waals surface area (Å²) < 4.78 is 5.47. The third-order valence-corrected chi connectivity index (χ3v) is 4.79. The fourth-order valence-electron chi connectivity index (χ4n) is 3.13. The van der Waals surface area contributed by atoms with Crippen LogP contribution in [0.4, 0.5) is 0 Å². The zero-order valence-corrected chi connectivity index (χ0v) is 14.5. The normalized spacial score (nSPS) is 14.2. The van der Waals surface area contributed by atoms with Crippen molar-refractivity contribution in [3.63, 3.8) is 0 Å². The first-order valence-corrected chi connectivity index (χ1v) is 8.80. The molecule has 0 N–H and O–H groups in total. The minimum absolute atomic E-state index is 0.301. The molecule has 0 aromatic carbocycles. The second kappa shape index (κ2) is 5.81. The molecule has 2 aliphatic heterocycles. The van der Waals surface area contributed by atoms with Gasteiger partial charge in [0.25, 0.3) is 0 Å². The molecule has 4 heterocycles. The second-order valence-corrected chi connectivity index (χ2v) is 6.86. The molecule has 2 aromatic rings. The highest BCUT2D eigenvalue weighted by molar-refractivity contribution is 6.29. The Morgan fingerprint density at radius 2 is 2.08 bits per heavy atom. The van der Waals surface area contributed by atoms with E-state index in [9.17, 15) is 4.79 Å². The molecule has 26 heavy (non-hydrogen) atoms. The molecule has 130 valence electrons. The van der Waals surface area contributed by atoms with Crippen molar-refractivity contribution >= 4 is 11.6 Å². The summed E-state index contributed by atoms with van der Waals surface area (Å²) in [6.07, 6.45) is 9.56. The van der Waals surface area contributed by atoms with Crippen LogP contribution in [-0.2, 0) is 6.54 Å². The number of halogens is 1. The summed E-state index contributed by atoms with van der Waals surface area (Å²) in [5.74, 6) is 0.631. The van der Waals surface area contributed by atoms with Crippen molar-refractivity contribution in [1.29, 1.82) is 0 Å². The Bertz CT molecular complexity index is 1110. The van der Waals surface area contributed by atoms with Gasteiger partial charge < -0.3 is 4.57 Å². The topological polar surface area (TPSA) is 70.5 Å². The van der Waals surface area contributed by atoms with Crippen LogP contribution in [0, 0.1) is 0 Å². The maximum absolute atomic E-state index is 12.6. The van der Waals surface area contributed by atoms with Crippen LogP contribution in [0.25, 0.3) is 17.2 Å². The van der Waals surface area contributed by atoms with Crippen molar-refractivity contribution in [2.24, 2.45) is 0 Å². The number of hydrogen-bond acceptors (Lipinski definition) is 4. The Morgan fingerprint density at radius 3 is 2.85 bits per heavy atom. The quantitative estimate of drug-likeness (QED) is 0.521. The molecule has 0 bridgehead atoms. The molecular weight excluding hydrogens is 352 g/mol. The van der Waals surface area contributed by atoms with Crippen molar-refractivity contribution in [2.45, 2.75) is 25.4 Å². The van der Waals surface area contributed by atoms with Gasteiger partial charge in [0.15, 0.2) is 5.82 Å². The van der Waals surface area contributed by atoms with E-state index < -0.39 is 0 Å². The van der Waals surface area contributed by atoms with E-state index in [1.54, 1.807) is 23.0 Å². The summed E-state index contributed by atoms with van der Waals surface area (Å²) in [5.41, 5.74) is 2.19. The fraction of sp³-hybridized carbons (Fsp3) is 0.222. The van der Waals surface area contributed by atoms with Crippen molar-refractivity contribution in [1.82, 2.24) is 28.9 Å². The number of pyridine rings is 2. The average molecular weight is 367 g/mol. The summed E-state index contributed by atoms with van der Waals surface area (Å²) in [4.78, 5) is 20.9. The van der Waals surface area contributed by atoms with Crippen LogP contribution >= 0.6 is 11.6 Å². The largest absolute Gasteiger partial charge is 0.354 e. The highest BCUT2D eigenvalue weighted by atomic mass is 35.5. The van der Waals surface area contributed by atoms with E-state index in [-0.39, 0.29) is 5.69 Å². The number of imidazole rings is 1. The molecule has 0 saturated heterocycles. The van der Waals surface area contributed by atoms with Crippen molar-refractivity contribution in [3.8, 4) is 17.2 Å². The van der Waals surface area contributed by atoms with Gasteiger partial charge in [0.2, 0.25) is 0 Å². The van der Waals surface area contributed by atoms with Gasteiger partial charge in [0.1, 0.15) is 5.15 Å². The van der Waals surface area contributed by atoms with Crippen LogP contribution in [0.1, 0.15) is 24.4 Å². The lowest BCUT2D eigenvalue weighted by molar-refractivity contribution is 0.641. The first kappa shape index (κ1) is 15.3. The van der Waals surface area contributed by atoms with Gasteiger partial charge in [-0.2, -0.15) is 10.1 Å². The van der Waals surface area contributed by atoms with Crippen LogP contribution < -0.4 is 5.69 Å². The molecule has 1 aliphatic carbocycles. The van der Waals surface area contributed by atoms with Gasteiger partial charge in [0, 0.05) is 18.6 Å². The van der Waals surface area contributed by atoms with Crippen LogP contribution in [0.3, 0.4) is 0 Å². The standard InChI is InChI=1S/C18H15ClN6O/c19-16-6-3-12(8-20-16)10-23-7-1-2-15-17(23)22-18(26)25(15)14-9-21-24(11-14)13-4-5-13/h1-3,6-9,11,13H,4-5,10H2. The van der Waals surface area contributed by atoms with Gasteiger partial charge in [-0.15, -0.1) is 0 Å². The van der Waals surface area contributed by atoms with Crippen LogP contribution in [0.5, 0.6) is 0 Å². The van der Waals surface area contributed by atoms with Crippen LogP contribution in [-0.4, -0.2) is 28.9 Å². The minimum atomic E-state index is -0.301. The summed E-state index contributed by atoms with van der Waals surface area (Å²) in [6.45, 7) is 0.555. The van der Waals surface area contributed by atoms with Gasteiger partial charge >= 0.3 is 5.69 Å². The zero-order chi connectivity index (χ0) is 17.7. The van der Waals surface area contributed by atoms with E-state index in [0.717, 1.165) is 29.8 Å². The third-order valence-electron chi connectivity index (χ3n) is 4.56. The van der Waals surface area contributed by atoms with E-state index in [2.05, 4.69) is 15.1 Å². The van der Waals surface area contributed by atoms with Gasteiger partial charge in [-0.25, -0.2) is 9.78 Å². The smallest absolute Gasteiger partial charge is 0.327 e. The molecule has 1 fully saturated rings. The lowest BCUT2D eigenvalue weighted by Crippen LogP contribution is -2.13. The molecule has 5 rings (SSSR count). The Hall–Kier alpha value is -2.93. The highest BCUT2D eigenvalue weighted by Gasteiger charge is 2.26. The predicted octanol–water partition coefficient (Wildman–Crippen LogP) is 2.77. The van der Waals surface area contributed by atoms with Gasteiger partial charge in [-0.1, -0.05) is 17.7 Å². The molecule has 7 nitrogen and oxygen atoms in total. The van der Waals surface area contributed by atoms with E-state index in [4.69, 9.17) is 11.6 Å². The molecule has 1 saturated carbocycles. The average Bonchev–Trinajstić information content (AvgIpc) is 3.27. The lowest BCUT2D eigenvalue weighted by atomic mass is 10.2. The summed E-state index contributed by atoms with van der Waals surface area (Å²) in [5, 5.41) is 4.84. The van der Waals surface area contributed by atoms with Crippen LogP contribution in [0.2, 0.25) is 5.15 Å². The molecule has 0 amide bonds. The Balaban J connectivity index is 1.54. The molecule has 2 aromatic heterocycles. The molecule has 0 atom stereocenters. The highest BCUT2D eigenvalue weighted by Crippen LogP contribution is 2.34. The maximum Gasteiger partial charge on any atom is 0.354 e. The SMILES string of the molecule is O=c1nc2n(Cc3ccc(Cl)nc3)cccc-2n1-c1cnn(C2CC2)c1. The molecule has 3 aliphatic rings. The first-order valence-electron chi connectivity index (χ1n) is 8.42. The third kappa shape index (κ3) is 2.61.